The van der Waals surface area contributed by atoms with E-state index in [2.05, 4.69) is 0 Å². The second-order valence-electron chi connectivity index (χ2n) is 4.48. The zero-order valence-electron chi connectivity index (χ0n) is 11.1. The minimum Gasteiger partial charge on any atom is -0.480 e. The van der Waals surface area contributed by atoms with Crippen LogP contribution in [-0.2, 0) is 14.4 Å². The number of nitrogens with zero attached hydrogens (tertiary/aromatic N) is 1. The summed E-state index contributed by atoms with van der Waals surface area (Å²) in [5.74, 6) is -0.315. The first-order valence-corrected chi connectivity index (χ1v) is 8.51. The van der Waals surface area contributed by atoms with E-state index in [9.17, 15) is 14.4 Å². The van der Waals surface area contributed by atoms with E-state index in [4.69, 9.17) is 5.11 Å². The molecule has 1 fully saturated rings. The van der Waals surface area contributed by atoms with Crippen LogP contribution in [0.25, 0.3) is 0 Å². The highest BCUT2D eigenvalue weighted by Gasteiger charge is 2.36. The molecule has 0 saturated carbocycles. The molecular weight excluding hydrogens is 286 g/mol. The highest BCUT2D eigenvalue weighted by Crippen LogP contribution is 2.23. The molecule has 0 aliphatic carbocycles. The molecule has 1 rings (SSSR count). The third-order valence-corrected chi connectivity index (χ3v) is 4.74. The van der Waals surface area contributed by atoms with Gasteiger partial charge in [0.15, 0.2) is 5.12 Å². The smallest absolute Gasteiger partial charge is 0.326 e. The third-order valence-electron chi connectivity index (χ3n) is 3.03. The number of hydrogen-bond donors (Lipinski definition) is 1. The van der Waals surface area contributed by atoms with Crippen molar-refractivity contribution in [2.45, 2.75) is 25.8 Å². The van der Waals surface area contributed by atoms with Gasteiger partial charge < -0.3 is 10.0 Å². The molecule has 5 nitrogen and oxygen atoms in total. The van der Waals surface area contributed by atoms with Gasteiger partial charge in [-0.2, -0.15) is 11.8 Å². The minimum atomic E-state index is -0.937. The van der Waals surface area contributed by atoms with Crippen molar-refractivity contribution in [1.82, 2.24) is 4.90 Å². The van der Waals surface area contributed by atoms with E-state index in [-0.39, 0.29) is 16.9 Å². The van der Waals surface area contributed by atoms with Crippen molar-refractivity contribution >= 4 is 40.5 Å². The largest absolute Gasteiger partial charge is 0.480 e. The van der Waals surface area contributed by atoms with Crippen LogP contribution in [-0.4, -0.2) is 57.3 Å². The maximum Gasteiger partial charge on any atom is 0.326 e. The number of rotatable bonds is 6. The Balaban J connectivity index is 2.69. The summed E-state index contributed by atoms with van der Waals surface area (Å²) in [6, 6.07) is -0.695. The SMILES string of the molecule is CSCC(CSC(C)=O)C(=O)N1CCC[C@H]1C(=O)O. The first-order chi connectivity index (χ1) is 8.97. The molecule has 1 N–H and O–H groups in total. The van der Waals surface area contributed by atoms with E-state index in [1.807, 2.05) is 6.26 Å². The summed E-state index contributed by atoms with van der Waals surface area (Å²) < 4.78 is 0. The Morgan fingerprint density at radius 3 is 2.58 bits per heavy atom. The highest BCUT2D eigenvalue weighted by atomic mass is 32.2. The molecule has 1 heterocycles. The van der Waals surface area contributed by atoms with Gasteiger partial charge in [0.05, 0.1) is 5.92 Å². The van der Waals surface area contributed by atoms with Crippen LogP contribution in [0, 0.1) is 5.92 Å². The lowest BCUT2D eigenvalue weighted by atomic mass is 10.1. The molecule has 0 aromatic rings. The van der Waals surface area contributed by atoms with E-state index >= 15 is 0 Å². The van der Waals surface area contributed by atoms with Gasteiger partial charge in [-0.05, 0) is 19.1 Å². The van der Waals surface area contributed by atoms with Gasteiger partial charge >= 0.3 is 5.97 Å². The molecule has 7 heteroatoms. The van der Waals surface area contributed by atoms with E-state index in [1.165, 1.54) is 23.6 Å². The number of carbonyl (C=O) groups is 3. The first-order valence-electron chi connectivity index (χ1n) is 6.13. The number of hydrogen-bond acceptors (Lipinski definition) is 5. The van der Waals surface area contributed by atoms with E-state index in [0.717, 1.165) is 18.2 Å². The van der Waals surface area contributed by atoms with Gasteiger partial charge in [0, 0.05) is 25.0 Å². The molecule has 1 saturated heterocycles. The summed E-state index contributed by atoms with van der Waals surface area (Å²) in [4.78, 5) is 36.0. The number of carboxylic acids is 1. The van der Waals surface area contributed by atoms with Crippen LogP contribution in [0.1, 0.15) is 19.8 Å². The van der Waals surface area contributed by atoms with Gasteiger partial charge in [0.25, 0.3) is 0 Å². The van der Waals surface area contributed by atoms with Crippen LogP contribution in [0.3, 0.4) is 0 Å². The molecule has 1 amide bonds. The van der Waals surface area contributed by atoms with Gasteiger partial charge in [-0.3, -0.25) is 9.59 Å². The molecule has 108 valence electrons. The topological polar surface area (TPSA) is 74.7 Å². The summed E-state index contributed by atoms with van der Waals surface area (Å²) in [5.41, 5.74) is 0. The van der Waals surface area contributed by atoms with Crippen molar-refractivity contribution in [3.63, 3.8) is 0 Å². The molecule has 0 spiro atoms. The fourth-order valence-corrected chi connectivity index (χ4v) is 3.64. The number of amides is 1. The lowest BCUT2D eigenvalue weighted by Gasteiger charge is -2.26. The molecule has 0 aromatic heterocycles. The third kappa shape index (κ3) is 4.72. The second-order valence-corrected chi connectivity index (χ2v) is 6.59. The Labute approximate surface area is 121 Å². The molecule has 0 radical (unpaired) electrons. The Hall–Kier alpha value is -0.690. The van der Waals surface area contributed by atoms with Crippen LogP contribution in [0.15, 0.2) is 0 Å². The molecule has 1 aliphatic heterocycles. The predicted octanol–water partition coefficient (Wildman–Crippen LogP) is 1.32. The molecule has 1 aliphatic rings. The van der Waals surface area contributed by atoms with Crippen molar-refractivity contribution in [3.8, 4) is 0 Å². The van der Waals surface area contributed by atoms with E-state index in [0.29, 0.717) is 24.5 Å². The summed E-state index contributed by atoms with van der Waals surface area (Å²) in [5, 5.41) is 9.09. The van der Waals surface area contributed by atoms with Gasteiger partial charge in [-0.25, -0.2) is 4.79 Å². The van der Waals surface area contributed by atoms with Crippen LogP contribution in [0.2, 0.25) is 0 Å². The molecule has 1 unspecified atom stereocenters. The second kappa shape index (κ2) is 7.79. The fourth-order valence-electron chi connectivity index (χ4n) is 2.13. The zero-order chi connectivity index (χ0) is 14.4. The summed E-state index contributed by atoms with van der Waals surface area (Å²) in [7, 11) is 0. The number of carboxylic acid groups (broad SMARTS) is 1. The van der Waals surface area contributed by atoms with Crippen LogP contribution in [0.5, 0.6) is 0 Å². The normalized spacial score (nSPS) is 20.3. The minimum absolute atomic E-state index is 0.0184. The summed E-state index contributed by atoms with van der Waals surface area (Å²) in [6.45, 7) is 1.98. The maximum absolute atomic E-state index is 12.4. The number of carbonyl (C=O) groups excluding carboxylic acids is 2. The predicted molar refractivity (Wildman–Crippen MR) is 77.4 cm³/mol. The maximum atomic E-state index is 12.4. The Bertz CT molecular complexity index is 362. The van der Waals surface area contributed by atoms with Gasteiger partial charge in [-0.15, -0.1) is 0 Å². The lowest BCUT2D eigenvalue weighted by molar-refractivity contribution is -0.149. The molecule has 0 bridgehead atoms. The number of likely N-dealkylation sites (tertiary alicyclic amines) is 1. The zero-order valence-corrected chi connectivity index (χ0v) is 12.8. The van der Waals surface area contributed by atoms with E-state index in [1.54, 1.807) is 0 Å². The molecule has 0 aromatic carbocycles. The van der Waals surface area contributed by atoms with Gasteiger partial charge in [0.1, 0.15) is 6.04 Å². The molecule has 19 heavy (non-hydrogen) atoms. The van der Waals surface area contributed by atoms with Gasteiger partial charge in [-0.1, -0.05) is 11.8 Å². The molecular formula is C12H19NO4S2. The van der Waals surface area contributed by atoms with Crippen molar-refractivity contribution in [3.05, 3.63) is 0 Å². The molecule has 2 atom stereocenters. The van der Waals surface area contributed by atoms with Crippen LogP contribution < -0.4 is 0 Å². The van der Waals surface area contributed by atoms with Crippen molar-refractivity contribution < 1.29 is 19.5 Å². The summed E-state index contributed by atoms with van der Waals surface area (Å²) in [6.07, 6.45) is 3.15. The highest BCUT2D eigenvalue weighted by molar-refractivity contribution is 8.13. The number of aliphatic carboxylic acids is 1. The van der Waals surface area contributed by atoms with Gasteiger partial charge in [0.2, 0.25) is 5.91 Å². The fraction of sp³-hybridized carbons (Fsp3) is 0.750. The average molecular weight is 305 g/mol. The monoisotopic (exact) mass is 305 g/mol. The quantitative estimate of drug-likeness (QED) is 0.798. The van der Waals surface area contributed by atoms with Crippen molar-refractivity contribution in [2.75, 3.05) is 24.3 Å². The Morgan fingerprint density at radius 1 is 1.37 bits per heavy atom. The lowest BCUT2D eigenvalue weighted by Crippen LogP contribution is -2.44. The van der Waals surface area contributed by atoms with Crippen molar-refractivity contribution in [1.29, 1.82) is 0 Å². The van der Waals surface area contributed by atoms with Crippen molar-refractivity contribution in [2.24, 2.45) is 5.92 Å². The average Bonchev–Trinajstić information content (AvgIpc) is 2.82. The Morgan fingerprint density at radius 2 is 2.05 bits per heavy atom. The van der Waals surface area contributed by atoms with Crippen LogP contribution in [0.4, 0.5) is 0 Å². The van der Waals surface area contributed by atoms with Crippen LogP contribution >= 0.6 is 23.5 Å². The van der Waals surface area contributed by atoms with E-state index < -0.39 is 12.0 Å². The standard InChI is InChI=1S/C12H19NO4S2/c1-8(14)19-7-9(6-18-2)11(15)13-5-3-4-10(13)12(16)17/h9-10H,3-7H2,1-2H3,(H,16,17)/t9?,10-/m0/s1. The first kappa shape index (κ1) is 16.4. The summed E-state index contributed by atoms with van der Waals surface area (Å²) >= 11 is 2.67. The Kier molecular flexibility index (Phi) is 6.71. The number of thioether (sulfide) groups is 2.